The van der Waals surface area contributed by atoms with Crippen molar-refractivity contribution in [2.45, 2.75) is 62.1 Å². The summed E-state index contributed by atoms with van der Waals surface area (Å²) in [6.45, 7) is 2.06. The summed E-state index contributed by atoms with van der Waals surface area (Å²) in [5, 5.41) is 10.8. The van der Waals surface area contributed by atoms with Crippen molar-refractivity contribution in [3.8, 4) is 0 Å². The van der Waals surface area contributed by atoms with Crippen LogP contribution in [0, 0.1) is 0 Å². The van der Waals surface area contributed by atoms with Gasteiger partial charge in [0.05, 0.1) is 11.8 Å². The lowest BCUT2D eigenvalue weighted by atomic mass is 9.95. The number of aromatic nitrogens is 2. The Morgan fingerprint density at radius 1 is 1.47 bits per heavy atom. The first-order chi connectivity index (χ1) is 9.19. The summed E-state index contributed by atoms with van der Waals surface area (Å²) in [5.41, 5.74) is 5.39. The Morgan fingerprint density at radius 2 is 2.21 bits per heavy atom. The number of nitrogens with two attached hydrogens (primary N) is 1. The van der Waals surface area contributed by atoms with E-state index in [1.165, 1.54) is 31.0 Å². The highest BCUT2D eigenvalue weighted by Gasteiger charge is 2.22. The molecule has 0 saturated heterocycles. The van der Waals surface area contributed by atoms with Crippen LogP contribution in [0.2, 0.25) is 0 Å². The highest BCUT2D eigenvalue weighted by Crippen LogP contribution is 2.23. The zero-order valence-electron chi connectivity index (χ0n) is 11.1. The second-order valence-corrected chi connectivity index (χ2v) is 6.06. The largest absolute Gasteiger partial charge is 0.415 e. The van der Waals surface area contributed by atoms with Gasteiger partial charge in [0.1, 0.15) is 0 Å². The minimum atomic E-state index is -0.243. The Morgan fingerprint density at radius 3 is 2.84 bits per heavy atom. The predicted molar refractivity (Wildman–Crippen MR) is 72.5 cm³/mol. The summed E-state index contributed by atoms with van der Waals surface area (Å²) >= 11 is 1.27. The van der Waals surface area contributed by atoms with E-state index in [4.69, 9.17) is 10.2 Å². The van der Waals surface area contributed by atoms with Crippen LogP contribution < -0.4 is 11.1 Å². The van der Waals surface area contributed by atoms with Crippen LogP contribution in [0.15, 0.2) is 9.64 Å². The van der Waals surface area contributed by atoms with Gasteiger partial charge >= 0.3 is 0 Å². The van der Waals surface area contributed by atoms with Gasteiger partial charge in [-0.3, -0.25) is 4.79 Å². The average Bonchev–Trinajstić information content (AvgIpc) is 2.87. The molecule has 2 rings (SSSR count). The van der Waals surface area contributed by atoms with Gasteiger partial charge in [-0.2, -0.15) is 0 Å². The topological polar surface area (TPSA) is 94.0 Å². The third kappa shape index (κ3) is 4.21. The lowest BCUT2D eigenvalue weighted by Gasteiger charge is -2.23. The van der Waals surface area contributed by atoms with E-state index < -0.39 is 0 Å². The van der Waals surface area contributed by atoms with Crippen molar-refractivity contribution in [2.75, 3.05) is 0 Å². The molecule has 1 aliphatic carbocycles. The van der Waals surface area contributed by atoms with Crippen LogP contribution in [0.4, 0.5) is 0 Å². The highest BCUT2D eigenvalue weighted by atomic mass is 32.2. The van der Waals surface area contributed by atoms with E-state index in [0.717, 1.165) is 12.8 Å². The maximum atomic E-state index is 12.0. The maximum absolute atomic E-state index is 12.0. The van der Waals surface area contributed by atoms with E-state index in [1.807, 2.05) is 6.92 Å². The zero-order chi connectivity index (χ0) is 13.7. The predicted octanol–water partition coefficient (Wildman–Crippen LogP) is 1.46. The number of nitrogens with zero attached hydrogens (tertiary/aromatic N) is 2. The van der Waals surface area contributed by atoms with E-state index in [-0.39, 0.29) is 17.7 Å². The molecule has 1 aromatic rings. The van der Waals surface area contributed by atoms with Gasteiger partial charge in [0, 0.05) is 6.04 Å². The molecule has 0 bridgehead atoms. The SMILES string of the molecule is CC(Sc1nnc(CN)o1)C(=O)NC1CCCCC1. The molecule has 0 aromatic carbocycles. The first-order valence-corrected chi connectivity index (χ1v) is 7.56. The Bertz CT molecular complexity index is 418. The molecule has 1 atom stereocenters. The molecule has 1 heterocycles. The normalized spacial score (nSPS) is 18.2. The van der Waals surface area contributed by atoms with Gasteiger partial charge in [0.15, 0.2) is 0 Å². The second-order valence-electron chi connectivity index (χ2n) is 4.77. The number of carbonyl (C=O) groups excluding carboxylic acids is 1. The number of nitrogens with one attached hydrogen (secondary N) is 1. The number of thioether (sulfide) groups is 1. The molecule has 1 aliphatic rings. The molecule has 0 aliphatic heterocycles. The lowest BCUT2D eigenvalue weighted by Crippen LogP contribution is -2.40. The maximum Gasteiger partial charge on any atom is 0.277 e. The Labute approximate surface area is 116 Å². The first kappa shape index (κ1) is 14.3. The molecular weight excluding hydrogens is 264 g/mol. The first-order valence-electron chi connectivity index (χ1n) is 6.68. The fraction of sp³-hybridized carbons (Fsp3) is 0.750. The minimum Gasteiger partial charge on any atom is -0.415 e. The number of carbonyl (C=O) groups is 1. The molecule has 3 N–H and O–H groups in total. The van der Waals surface area contributed by atoms with Crippen molar-refractivity contribution in [1.29, 1.82) is 0 Å². The van der Waals surface area contributed by atoms with Gasteiger partial charge in [-0.1, -0.05) is 31.0 Å². The molecule has 6 nitrogen and oxygen atoms in total. The van der Waals surface area contributed by atoms with Crippen LogP contribution in [0.5, 0.6) is 0 Å². The highest BCUT2D eigenvalue weighted by molar-refractivity contribution is 8.00. The van der Waals surface area contributed by atoms with Crippen LogP contribution >= 0.6 is 11.8 Å². The van der Waals surface area contributed by atoms with Crippen molar-refractivity contribution in [2.24, 2.45) is 5.73 Å². The summed E-state index contributed by atoms with van der Waals surface area (Å²) in [6, 6.07) is 0.326. The van der Waals surface area contributed by atoms with Crippen molar-refractivity contribution < 1.29 is 9.21 Å². The molecule has 1 saturated carbocycles. The fourth-order valence-corrected chi connectivity index (χ4v) is 2.85. The Balaban J connectivity index is 1.81. The van der Waals surface area contributed by atoms with Crippen molar-refractivity contribution in [3.05, 3.63) is 5.89 Å². The van der Waals surface area contributed by atoms with E-state index in [1.54, 1.807) is 0 Å². The Kier molecular flexibility index (Phi) is 5.21. The molecule has 0 spiro atoms. The molecule has 1 aromatic heterocycles. The van der Waals surface area contributed by atoms with E-state index in [0.29, 0.717) is 17.2 Å². The summed E-state index contributed by atoms with van der Waals surface area (Å²) in [6.07, 6.45) is 5.86. The van der Waals surface area contributed by atoms with E-state index in [2.05, 4.69) is 15.5 Å². The van der Waals surface area contributed by atoms with Crippen LogP contribution in [-0.2, 0) is 11.3 Å². The molecule has 1 amide bonds. The van der Waals surface area contributed by atoms with Gasteiger partial charge in [0.25, 0.3) is 5.22 Å². The Hall–Kier alpha value is -1.08. The van der Waals surface area contributed by atoms with Crippen LogP contribution in [0.3, 0.4) is 0 Å². The molecule has 7 heteroatoms. The summed E-state index contributed by atoms with van der Waals surface area (Å²) in [7, 11) is 0. The van der Waals surface area contributed by atoms with Crippen LogP contribution in [0.1, 0.15) is 44.9 Å². The monoisotopic (exact) mass is 284 g/mol. The summed E-state index contributed by atoms with van der Waals surface area (Å²) < 4.78 is 5.28. The van der Waals surface area contributed by atoms with E-state index >= 15 is 0 Å². The van der Waals surface area contributed by atoms with Crippen LogP contribution in [0.25, 0.3) is 0 Å². The van der Waals surface area contributed by atoms with Gasteiger partial charge in [-0.05, 0) is 19.8 Å². The molecule has 19 heavy (non-hydrogen) atoms. The van der Waals surface area contributed by atoms with Gasteiger partial charge in [0.2, 0.25) is 11.8 Å². The van der Waals surface area contributed by atoms with Crippen molar-refractivity contribution >= 4 is 17.7 Å². The number of rotatable bonds is 5. The molecule has 1 fully saturated rings. The van der Waals surface area contributed by atoms with Crippen molar-refractivity contribution in [3.63, 3.8) is 0 Å². The standard InChI is InChI=1S/C12H20N4O2S/c1-8(19-12-16-15-10(7-13)18-12)11(17)14-9-5-3-2-4-6-9/h8-9H,2-7,13H2,1H3,(H,14,17). The number of amides is 1. The summed E-state index contributed by atoms with van der Waals surface area (Å²) in [4.78, 5) is 12.0. The molecular formula is C12H20N4O2S. The van der Waals surface area contributed by atoms with Gasteiger partial charge in [-0.25, -0.2) is 0 Å². The lowest BCUT2D eigenvalue weighted by molar-refractivity contribution is -0.121. The molecule has 106 valence electrons. The minimum absolute atomic E-state index is 0.0319. The zero-order valence-corrected chi connectivity index (χ0v) is 11.9. The molecule has 1 unspecified atom stereocenters. The summed E-state index contributed by atoms with van der Waals surface area (Å²) in [5.74, 6) is 0.423. The number of hydrogen-bond donors (Lipinski definition) is 2. The molecule has 0 radical (unpaired) electrons. The smallest absolute Gasteiger partial charge is 0.277 e. The fourth-order valence-electron chi connectivity index (χ4n) is 2.14. The van der Waals surface area contributed by atoms with Crippen LogP contribution in [-0.4, -0.2) is 27.4 Å². The third-order valence-corrected chi connectivity index (χ3v) is 4.16. The third-order valence-electron chi connectivity index (χ3n) is 3.22. The van der Waals surface area contributed by atoms with Gasteiger partial charge < -0.3 is 15.5 Å². The number of hydrogen-bond acceptors (Lipinski definition) is 6. The average molecular weight is 284 g/mol. The second kappa shape index (κ2) is 6.91. The van der Waals surface area contributed by atoms with E-state index in [9.17, 15) is 4.79 Å². The van der Waals surface area contributed by atoms with Crippen molar-refractivity contribution in [1.82, 2.24) is 15.5 Å². The quantitative estimate of drug-likeness (QED) is 0.795. The van der Waals surface area contributed by atoms with Gasteiger partial charge in [-0.15, -0.1) is 10.2 Å².